The van der Waals surface area contributed by atoms with Crippen molar-refractivity contribution < 1.29 is 0 Å². The molecule has 0 spiro atoms. The first-order valence-electron chi connectivity index (χ1n) is 5.13. The molecule has 1 aliphatic heterocycles. The first-order chi connectivity index (χ1) is 7.34. The highest BCUT2D eigenvalue weighted by Gasteiger charge is 2.27. The Bertz CT molecular complexity index is 444. The van der Waals surface area contributed by atoms with Gasteiger partial charge in [0.15, 0.2) is 10.5 Å². The summed E-state index contributed by atoms with van der Waals surface area (Å²) in [7, 11) is 0. The van der Waals surface area contributed by atoms with Crippen LogP contribution < -0.4 is 5.32 Å². The Morgan fingerprint density at radius 2 is 2.20 bits per heavy atom. The second kappa shape index (κ2) is 3.50. The summed E-state index contributed by atoms with van der Waals surface area (Å²) in [5, 5.41) is 4.46. The topological polar surface area (TPSA) is 50.7 Å². The van der Waals surface area contributed by atoms with Crippen LogP contribution in [0.25, 0.3) is 10.5 Å². The quantitative estimate of drug-likeness (QED) is 0.831. The Morgan fingerprint density at radius 3 is 2.87 bits per heavy atom. The number of nitrogens with zero attached hydrogens (tertiary/aromatic N) is 3. The molecule has 4 nitrogen and oxygen atoms in total. The van der Waals surface area contributed by atoms with E-state index in [-0.39, 0.29) is 0 Å². The van der Waals surface area contributed by atoms with E-state index in [0.717, 1.165) is 29.5 Å². The maximum absolute atomic E-state index is 4.53. The highest BCUT2D eigenvalue weighted by Crippen LogP contribution is 2.31. The third-order valence-electron chi connectivity index (χ3n) is 2.97. The fourth-order valence-corrected chi connectivity index (χ4v) is 2.77. The molecule has 0 bridgehead atoms. The second-order valence-electron chi connectivity index (χ2n) is 3.94. The van der Waals surface area contributed by atoms with Gasteiger partial charge < -0.3 is 5.32 Å². The summed E-state index contributed by atoms with van der Waals surface area (Å²) in [4.78, 5) is 14.0. The molecular weight excluding hydrogens is 208 g/mol. The molecule has 78 valence electrons. The van der Waals surface area contributed by atoms with E-state index in [0.29, 0.717) is 5.92 Å². The molecule has 3 heterocycles. The third-order valence-corrected chi connectivity index (χ3v) is 4.13. The molecule has 1 aliphatic rings. The van der Waals surface area contributed by atoms with Crippen LogP contribution in [0.3, 0.4) is 0 Å². The van der Waals surface area contributed by atoms with Gasteiger partial charge in [-0.2, -0.15) is 0 Å². The molecule has 3 rings (SSSR count). The highest BCUT2D eigenvalue weighted by molar-refractivity contribution is 7.18. The summed E-state index contributed by atoms with van der Waals surface area (Å²) in [6.07, 6.45) is 3.42. The van der Waals surface area contributed by atoms with Crippen LogP contribution in [0.1, 0.15) is 17.8 Å². The van der Waals surface area contributed by atoms with Crippen molar-refractivity contribution in [2.45, 2.75) is 12.8 Å². The molecule has 0 amide bonds. The van der Waals surface area contributed by atoms with Crippen LogP contribution in [-0.2, 0) is 0 Å². The number of thiazole rings is 1. The lowest BCUT2D eigenvalue weighted by Gasteiger charge is -2.31. The fraction of sp³-hybridized carbons (Fsp3) is 0.500. The van der Waals surface area contributed by atoms with Gasteiger partial charge in [0.05, 0.1) is 0 Å². The van der Waals surface area contributed by atoms with Crippen LogP contribution in [0.4, 0.5) is 0 Å². The molecular formula is C10H12N4S. The van der Waals surface area contributed by atoms with Crippen LogP contribution in [0.15, 0.2) is 12.4 Å². The molecule has 2 aromatic heterocycles. The standard InChI is InChI=1S/C10H12N4S/c1-6(7-4-11-5-7)9-14-8-10(15-9)13-3-2-12-8/h2-3,6-7,11H,4-5H2,1H3. The lowest BCUT2D eigenvalue weighted by Crippen LogP contribution is -2.44. The van der Waals surface area contributed by atoms with E-state index in [2.05, 4.69) is 27.2 Å². The van der Waals surface area contributed by atoms with Crippen LogP contribution in [0, 0.1) is 5.92 Å². The van der Waals surface area contributed by atoms with E-state index in [9.17, 15) is 0 Å². The average Bonchev–Trinajstić information content (AvgIpc) is 2.58. The largest absolute Gasteiger partial charge is 0.316 e. The molecule has 15 heavy (non-hydrogen) atoms. The molecule has 1 saturated heterocycles. The average molecular weight is 220 g/mol. The van der Waals surface area contributed by atoms with Gasteiger partial charge in [0.25, 0.3) is 0 Å². The Balaban J connectivity index is 1.96. The van der Waals surface area contributed by atoms with Gasteiger partial charge in [-0.05, 0) is 19.0 Å². The van der Waals surface area contributed by atoms with Gasteiger partial charge in [-0.25, -0.2) is 15.0 Å². The lowest BCUT2D eigenvalue weighted by atomic mass is 9.89. The predicted octanol–water partition coefficient (Wildman–Crippen LogP) is 1.41. The smallest absolute Gasteiger partial charge is 0.189 e. The van der Waals surface area contributed by atoms with E-state index in [1.54, 1.807) is 23.7 Å². The van der Waals surface area contributed by atoms with Gasteiger partial charge in [-0.1, -0.05) is 18.3 Å². The zero-order valence-corrected chi connectivity index (χ0v) is 9.29. The minimum atomic E-state index is 0.521. The van der Waals surface area contributed by atoms with E-state index in [4.69, 9.17) is 0 Å². The summed E-state index contributed by atoms with van der Waals surface area (Å²) >= 11 is 1.67. The zero-order valence-electron chi connectivity index (χ0n) is 8.47. The molecule has 0 aliphatic carbocycles. The first-order valence-corrected chi connectivity index (χ1v) is 5.94. The maximum Gasteiger partial charge on any atom is 0.189 e. The molecule has 1 N–H and O–H groups in total. The SMILES string of the molecule is CC(c1nc2nccnc2s1)C1CNC1. The lowest BCUT2D eigenvalue weighted by molar-refractivity contribution is 0.303. The monoisotopic (exact) mass is 220 g/mol. The van der Waals surface area contributed by atoms with Gasteiger partial charge in [-0.15, -0.1) is 0 Å². The number of hydrogen-bond acceptors (Lipinski definition) is 5. The van der Waals surface area contributed by atoms with Crippen molar-refractivity contribution in [1.82, 2.24) is 20.3 Å². The molecule has 1 unspecified atom stereocenters. The number of aromatic nitrogens is 3. The van der Waals surface area contributed by atoms with Crippen molar-refractivity contribution in [2.24, 2.45) is 5.92 Å². The Morgan fingerprint density at radius 1 is 1.40 bits per heavy atom. The number of nitrogens with one attached hydrogen (secondary N) is 1. The summed E-state index contributed by atoms with van der Waals surface area (Å²) in [5.41, 5.74) is 0.789. The van der Waals surface area contributed by atoms with Crippen molar-refractivity contribution >= 4 is 21.8 Å². The van der Waals surface area contributed by atoms with Crippen LogP contribution in [-0.4, -0.2) is 28.0 Å². The van der Waals surface area contributed by atoms with E-state index < -0.39 is 0 Å². The van der Waals surface area contributed by atoms with Crippen molar-refractivity contribution in [1.29, 1.82) is 0 Å². The Kier molecular flexibility index (Phi) is 2.14. The third kappa shape index (κ3) is 1.52. The van der Waals surface area contributed by atoms with E-state index in [1.807, 2.05) is 0 Å². The van der Waals surface area contributed by atoms with Gasteiger partial charge in [0, 0.05) is 18.3 Å². The van der Waals surface area contributed by atoms with Crippen LogP contribution in [0.2, 0.25) is 0 Å². The minimum absolute atomic E-state index is 0.521. The Hall–Kier alpha value is -1.07. The van der Waals surface area contributed by atoms with Gasteiger partial charge in [0.2, 0.25) is 0 Å². The first kappa shape index (κ1) is 9.18. The van der Waals surface area contributed by atoms with Crippen LogP contribution >= 0.6 is 11.3 Å². The summed E-state index contributed by atoms with van der Waals surface area (Å²) < 4.78 is 0. The summed E-state index contributed by atoms with van der Waals surface area (Å²) in [6.45, 7) is 4.46. The fourth-order valence-electron chi connectivity index (χ4n) is 1.75. The number of fused-ring (bicyclic) bond motifs is 1. The normalized spacial score (nSPS) is 19.0. The molecule has 1 atom stereocenters. The van der Waals surface area contributed by atoms with E-state index in [1.165, 1.54) is 5.01 Å². The van der Waals surface area contributed by atoms with Crippen molar-refractivity contribution in [3.8, 4) is 0 Å². The molecule has 0 radical (unpaired) electrons. The molecule has 2 aromatic rings. The minimum Gasteiger partial charge on any atom is -0.316 e. The number of rotatable bonds is 2. The second-order valence-corrected chi connectivity index (χ2v) is 4.95. The van der Waals surface area contributed by atoms with Crippen molar-refractivity contribution in [2.75, 3.05) is 13.1 Å². The van der Waals surface area contributed by atoms with E-state index >= 15 is 0 Å². The highest BCUT2D eigenvalue weighted by atomic mass is 32.1. The number of hydrogen-bond donors (Lipinski definition) is 1. The maximum atomic E-state index is 4.53. The van der Waals surface area contributed by atoms with Gasteiger partial charge >= 0.3 is 0 Å². The molecule has 0 saturated carbocycles. The predicted molar refractivity (Wildman–Crippen MR) is 60.0 cm³/mol. The summed E-state index contributed by atoms with van der Waals surface area (Å²) in [6, 6.07) is 0. The Labute approximate surface area is 91.8 Å². The van der Waals surface area contributed by atoms with Crippen molar-refractivity contribution in [3.63, 3.8) is 0 Å². The van der Waals surface area contributed by atoms with Gasteiger partial charge in [-0.3, -0.25) is 0 Å². The molecule has 0 aromatic carbocycles. The van der Waals surface area contributed by atoms with Gasteiger partial charge in [0.1, 0.15) is 5.01 Å². The molecule has 1 fully saturated rings. The van der Waals surface area contributed by atoms with Crippen LogP contribution in [0.5, 0.6) is 0 Å². The summed E-state index contributed by atoms with van der Waals surface area (Å²) in [5.74, 6) is 1.25. The van der Waals surface area contributed by atoms with Crippen molar-refractivity contribution in [3.05, 3.63) is 17.4 Å². The molecule has 5 heteroatoms. The zero-order chi connectivity index (χ0) is 10.3.